The first-order valence-electron chi connectivity index (χ1n) is 11.7. The number of nitrogens with one attached hydrogen (secondary N) is 1. The number of para-hydroxylation sites is 2. The number of carbonyl (C=O) groups is 1. The third-order valence-electron chi connectivity index (χ3n) is 6.21. The molecule has 0 atom stereocenters. The Kier molecular flexibility index (Phi) is 6.47. The molecular formula is C29H28N4OS. The molecule has 1 aromatic heterocycles. The number of nitrogens with zero attached hydrogens (tertiary/aromatic N) is 3. The summed E-state index contributed by atoms with van der Waals surface area (Å²) in [5, 5.41) is 1.91. The highest BCUT2D eigenvalue weighted by molar-refractivity contribution is 8.18. The lowest BCUT2D eigenvalue weighted by atomic mass is 10.1. The number of hydrogen-bond donors (Lipinski definition) is 1. The van der Waals surface area contributed by atoms with Crippen LogP contribution in [0.3, 0.4) is 0 Å². The Morgan fingerprint density at radius 2 is 1.80 bits per heavy atom. The fourth-order valence-corrected chi connectivity index (χ4v) is 5.23. The van der Waals surface area contributed by atoms with E-state index in [1.807, 2.05) is 73.7 Å². The molecule has 1 aliphatic rings. The molecular weight excluding hydrogens is 452 g/mol. The minimum atomic E-state index is 0.000563. The largest absolute Gasteiger partial charge is 0.378 e. The van der Waals surface area contributed by atoms with E-state index >= 15 is 0 Å². The van der Waals surface area contributed by atoms with Crippen molar-refractivity contribution in [3.8, 4) is 0 Å². The molecule has 0 radical (unpaired) electrons. The van der Waals surface area contributed by atoms with E-state index in [0.29, 0.717) is 11.4 Å². The molecule has 35 heavy (non-hydrogen) atoms. The Morgan fingerprint density at radius 1 is 1.03 bits per heavy atom. The Balaban J connectivity index is 1.45. The van der Waals surface area contributed by atoms with Crippen molar-refractivity contribution >= 4 is 51.2 Å². The monoisotopic (exact) mass is 480 g/mol. The summed E-state index contributed by atoms with van der Waals surface area (Å²) < 4.78 is 0. The lowest BCUT2D eigenvalue weighted by molar-refractivity contribution is -0.122. The fourth-order valence-electron chi connectivity index (χ4n) is 4.21. The molecule has 176 valence electrons. The molecule has 2 heterocycles. The Bertz CT molecular complexity index is 1440. The quantitative estimate of drug-likeness (QED) is 0.325. The predicted octanol–water partition coefficient (Wildman–Crippen LogP) is 6.39. The molecule has 6 heteroatoms. The first-order chi connectivity index (χ1) is 17.0. The number of H-pyrrole nitrogens is 1. The average Bonchev–Trinajstić information content (AvgIpc) is 3.40. The van der Waals surface area contributed by atoms with Crippen molar-refractivity contribution in [2.45, 2.75) is 13.3 Å². The summed E-state index contributed by atoms with van der Waals surface area (Å²) in [6, 6.07) is 24.4. The Hall–Kier alpha value is -3.77. The molecule has 1 amide bonds. The summed E-state index contributed by atoms with van der Waals surface area (Å²) >= 11 is 1.45. The van der Waals surface area contributed by atoms with E-state index < -0.39 is 0 Å². The first-order valence-corrected chi connectivity index (χ1v) is 12.5. The number of amidine groups is 1. The summed E-state index contributed by atoms with van der Waals surface area (Å²) in [5.41, 5.74) is 6.47. The Labute approximate surface area is 210 Å². The number of aromatic amines is 1. The summed E-state index contributed by atoms with van der Waals surface area (Å²) in [5.74, 6) is 0.000563. The number of carbonyl (C=O) groups excluding carboxylic acids is 1. The van der Waals surface area contributed by atoms with Gasteiger partial charge in [-0.2, -0.15) is 0 Å². The van der Waals surface area contributed by atoms with Gasteiger partial charge in [-0.15, -0.1) is 0 Å². The normalized spacial score (nSPS) is 16.1. The maximum absolute atomic E-state index is 13.6. The number of aryl methyl sites for hydroxylation is 1. The smallest absolute Gasteiger partial charge is 0.266 e. The summed E-state index contributed by atoms with van der Waals surface area (Å²) in [6.45, 7) is 2.65. The van der Waals surface area contributed by atoms with Gasteiger partial charge in [0.05, 0.1) is 10.6 Å². The van der Waals surface area contributed by atoms with Gasteiger partial charge in [-0.1, -0.05) is 42.5 Å². The second-order valence-electron chi connectivity index (χ2n) is 8.84. The number of aromatic nitrogens is 1. The molecule has 5 rings (SSSR count). The van der Waals surface area contributed by atoms with Crippen LogP contribution in [0, 0.1) is 6.92 Å². The van der Waals surface area contributed by atoms with E-state index in [9.17, 15) is 4.79 Å². The van der Waals surface area contributed by atoms with Crippen molar-refractivity contribution in [2.75, 3.05) is 25.5 Å². The topological polar surface area (TPSA) is 51.7 Å². The number of aliphatic imine (C=N–C) groups is 1. The minimum absolute atomic E-state index is 0.000563. The van der Waals surface area contributed by atoms with Gasteiger partial charge in [0.15, 0.2) is 5.17 Å². The van der Waals surface area contributed by atoms with Gasteiger partial charge in [0.1, 0.15) is 0 Å². The van der Waals surface area contributed by atoms with Gasteiger partial charge in [0, 0.05) is 43.4 Å². The van der Waals surface area contributed by atoms with Crippen LogP contribution in [0.5, 0.6) is 0 Å². The second-order valence-corrected chi connectivity index (χ2v) is 9.85. The van der Waals surface area contributed by atoms with Crippen molar-refractivity contribution < 1.29 is 4.79 Å². The third-order valence-corrected chi connectivity index (χ3v) is 7.21. The highest BCUT2D eigenvalue weighted by atomic mass is 32.2. The number of hydrogen-bond acceptors (Lipinski definition) is 4. The average molecular weight is 481 g/mol. The van der Waals surface area contributed by atoms with Crippen molar-refractivity contribution in [3.63, 3.8) is 0 Å². The van der Waals surface area contributed by atoms with Crippen molar-refractivity contribution in [1.29, 1.82) is 0 Å². The lowest BCUT2D eigenvalue weighted by Gasteiger charge is -2.15. The standard InChI is InChI=1S/C29H28N4OS/c1-20-17-24(32(2)3)14-13-21(20)18-27-28(34)33(29(35-27)31-23-9-5-4-6-10-23)16-15-22-19-30-26-12-8-7-11-25(22)26/h4-14,17-19,30H,15-16H2,1-3H3. The van der Waals surface area contributed by atoms with Crippen LogP contribution in [0.1, 0.15) is 16.7 Å². The van der Waals surface area contributed by atoms with Crippen LogP contribution in [-0.4, -0.2) is 41.6 Å². The summed E-state index contributed by atoms with van der Waals surface area (Å²) in [6.07, 6.45) is 4.78. The highest BCUT2D eigenvalue weighted by Crippen LogP contribution is 2.35. The van der Waals surface area contributed by atoms with E-state index in [2.05, 4.69) is 47.1 Å². The van der Waals surface area contributed by atoms with Gasteiger partial charge in [0.25, 0.3) is 5.91 Å². The van der Waals surface area contributed by atoms with Crippen molar-refractivity contribution in [1.82, 2.24) is 9.88 Å². The zero-order valence-electron chi connectivity index (χ0n) is 20.2. The van der Waals surface area contributed by atoms with Crippen molar-refractivity contribution in [3.05, 3.63) is 101 Å². The van der Waals surface area contributed by atoms with E-state index in [1.54, 1.807) is 0 Å². The van der Waals surface area contributed by atoms with Gasteiger partial charge in [-0.05, 0) is 78.2 Å². The maximum atomic E-state index is 13.6. The molecule has 5 nitrogen and oxygen atoms in total. The van der Waals surface area contributed by atoms with Crippen LogP contribution in [0.15, 0.2) is 88.9 Å². The number of rotatable bonds is 6. The van der Waals surface area contributed by atoms with Gasteiger partial charge < -0.3 is 9.88 Å². The molecule has 1 saturated heterocycles. The zero-order chi connectivity index (χ0) is 24.4. The molecule has 4 aromatic rings. The van der Waals surface area contributed by atoms with Gasteiger partial charge in [-0.25, -0.2) is 4.99 Å². The predicted molar refractivity (Wildman–Crippen MR) is 148 cm³/mol. The van der Waals surface area contributed by atoms with Crippen molar-refractivity contribution in [2.24, 2.45) is 4.99 Å². The van der Waals surface area contributed by atoms with Gasteiger partial charge in [0.2, 0.25) is 0 Å². The number of benzene rings is 3. The van der Waals surface area contributed by atoms with Crippen LogP contribution < -0.4 is 4.90 Å². The molecule has 0 unspecified atom stereocenters. The lowest BCUT2D eigenvalue weighted by Crippen LogP contribution is -2.31. The summed E-state index contributed by atoms with van der Waals surface area (Å²) in [7, 11) is 4.06. The molecule has 1 aliphatic heterocycles. The second kappa shape index (κ2) is 9.84. The SMILES string of the molecule is Cc1cc(N(C)C)ccc1C=C1SC(=Nc2ccccc2)N(CCc2c[nH]c3ccccc23)C1=O. The molecule has 1 fully saturated rings. The molecule has 0 spiro atoms. The van der Waals surface area contributed by atoms with E-state index in [0.717, 1.165) is 39.6 Å². The third kappa shape index (κ3) is 4.88. The van der Waals surface area contributed by atoms with E-state index in [4.69, 9.17) is 4.99 Å². The fraction of sp³-hybridized carbons (Fsp3) is 0.172. The maximum Gasteiger partial charge on any atom is 0.266 e. The minimum Gasteiger partial charge on any atom is -0.378 e. The Morgan fingerprint density at radius 3 is 2.57 bits per heavy atom. The van der Waals surface area contributed by atoms with E-state index in [-0.39, 0.29) is 5.91 Å². The molecule has 1 N–H and O–H groups in total. The number of amides is 1. The van der Waals surface area contributed by atoms with Crippen LogP contribution in [0.4, 0.5) is 11.4 Å². The van der Waals surface area contributed by atoms with E-state index in [1.165, 1.54) is 22.7 Å². The molecule has 3 aromatic carbocycles. The van der Waals surface area contributed by atoms with Crippen LogP contribution in [0.2, 0.25) is 0 Å². The van der Waals surface area contributed by atoms with Gasteiger partial charge >= 0.3 is 0 Å². The number of thioether (sulfide) groups is 1. The molecule has 0 aliphatic carbocycles. The van der Waals surface area contributed by atoms with Crippen LogP contribution >= 0.6 is 11.8 Å². The number of fused-ring (bicyclic) bond motifs is 1. The molecule has 0 saturated carbocycles. The first kappa shape index (κ1) is 23.0. The molecule has 0 bridgehead atoms. The number of anilines is 1. The van der Waals surface area contributed by atoms with Crippen LogP contribution in [0.25, 0.3) is 17.0 Å². The summed E-state index contributed by atoms with van der Waals surface area (Å²) in [4.78, 5) is 26.3. The zero-order valence-corrected chi connectivity index (χ0v) is 21.0. The van der Waals surface area contributed by atoms with Crippen LogP contribution in [-0.2, 0) is 11.2 Å². The highest BCUT2D eigenvalue weighted by Gasteiger charge is 2.33. The van der Waals surface area contributed by atoms with Gasteiger partial charge in [-0.3, -0.25) is 9.69 Å².